The number of ether oxygens (including phenoxy) is 2. The highest BCUT2D eigenvalue weighted by molar-refractivity contribution is 6.76. The maximum Gasteiger partial charge on any atom is 0.263 e. The van der Waals surface area contributed by atoms with Gasteiger partial charge in [0.25, 0.3) is 11.5 Å². The molecule has 2 amide bonds. The Morgan fingerprint density at radius 1 is 1.02 bits per heavy atom. The third-order valence-electron chi connectivity index (χ3n) is 11.8. The van der Waals surface area contributed by atoms with Crippen LogP contribution < -0.4 is 25.8 Å². The number of hydrogen-bond donors (Lipinski definition) is 2. The lowest BCUT2D eigenvalue weighted by Crippen LogP contribution is -2.54. The summed E-state index contributed by atoms with van der Waals surface area (Å²) in [7, 11) is -1.68. The molecule has 2 fully saturated rings. The molecule has 18 heteroatoms. The van der Waals surface area contributed by atoms with E-state index in [1.807, 2.05) is 46.4 Å². The van der Waals surface area contributed by atoms with Gasteiger partial charge >= 0.3 is 0 Å². The van der Waals surface area contributed by atoms with E-state index in [2.05, 4.69) is 40.2 Å². The van der Waals surface area contributed by atoms with Crippen molar-refractivity contribution in [2.75, 3.05) is 56.2 Å². The minimum Gasteiger partial charge on any atom is -0.490 e. The van der Waals surface area contributed by atoms with Crippen molar-refractivity contribution < 1.29 is 32.2 Å². The summed E-state index contributed by atoms with van der Waals surface area (Å²) in [6.07, 6.45) is 3.07. The summed E-state index contributed by atoms with van der Waals surface area (Å²) in [5, 5.41) is 5.28. The Kier molecular flexibility index (Phi) is 13.2. The van der Waals surface area contributed by atoms with Crippen LogP contribution in [0.25, 0.3) is 22.2 Å². The molecule has 0 unspecified atom stereocenters. The van der Waals surface area contributed by atoms with E-state index in [0.717, 1.165) is 32.8 Å². The minimum atomic E-state index is -1.68. The number of rotatable bonds is 14. The van der Waals surface area contributed by atoms with Crippen molar-refractivity contribution in [2.24, 2.45) is 11.3 Å². The molecular weight excluding hydrogens is 853 g/mol. The number of pyridine rings is 1. The van der Waals surface area contributed by atoms with Gasteiger partial charge in [-0.1, -0.05) is 52.0 Å². The summed E-state index contributed by atoms with van der Waals surface area (Å²) in [6, 6.07) is 3.37. The van der Waals surface area contributed by atoms with Crippen molar-refractivity contribution >= 4 is 54.0 Å². The average Bonchev–Trinajstić information content (AvgIpc) is 3.77. The number of fused-ring (bicyclic) bond motifs is 2. The first-order valence-electron chi connectivity index (χ1n) is 21.8. The van der Waals surface area contributed by atoms with E-state index in [1.54, 1.807) is 0 Å². The van der Waals surface area contributed by atoms with Crippen LogP contribution in [-0.4, -0.2) is 101 Å². The van der Waals surface area contributed by atoms with Gasteiger partial charge in [0, 0.05) is 88.1 Å². The van der Waals surface area contributed by atoms with Gasteiger partial charge in [-0.2, -0.15) is 8.78 Å². The zero-order valence-electron chi connectivity index (χ0n) is 37.8. The summed E-state index contributed by atoms with van der Waals surface area (Å²) in [5.41, 5.74) is -2.00. The van der Waals surface area contributed by atoms with Crippen LogP contribution >= 0.6 is 11.6 Å². The molecule has 3 aromatic heterocycles. The van der Waals surface area contributed by atoms with Crippen molar-refractivity contribution in [3.63, 3.8) is 0 Å². The molecule has 0 spiro atoms. The quantitative estimate of drug-likeness (QED) is 0.0963. The van der Waals surface area contributed by atoms with E-state index in [-0.39, 0.29) is 56.5 Å². The summed E-state index contributed by atoms with van der Waals surface area (Å²) >= 11 is 6.39. The number of amides is 2. The molecular formula is C45H60ClF3N8O5Si. The van der Waals surface area contributed by atoms with Crippen molar-refractivity contribution in [3.8, 4) is 16.9 Å². The fourth-order valence-corrected chi connectivity index (χ4v) is 9.99. The fraction of sp³-hybridized carbons (Fsp3) is 0.578. The second kappa shape index (κ2) is 17.8. The average molecular weight is 914 g/mol. The van der Waals surface area contributed by atoms with Crippen LogP contribution in [0.15, 0.2) is 23.1 Å². The third-order valence-corrected chi connectivity index (χ3v) is 13.8. The zero-order chi connectivity index (χ0) is 45.8. The molecule has 342 valence electrons. The maximum absolute atomic E-state index is 16.6. The second-order valence-corrected chi connectivity index (χ2v) is 26.5. The van der Waals surface area contributed by atoms with E-state index in [0.29, 0.717) is 56.0 Å². The van der Waals surface area contributed by atoms with Crippen LogP contribution in [0.4, 0.5) is 24.7 Å². The molecule has 3 aliphatic rings. The van der Waals surface area contributed by atoms with Gasteiger partial charge in [0.15, 0.2) is 11.6 Å². The Morgan fingerprint density at radius 3 is 2.40 bits per heavy atom. The minimum absolute atomic E-state index is 0.00103. The van der Waals surface area contributed by atoms with Gasteiger partial charge in [-0.05, 0) is 51.1 Å². The summed E-state index contributed by atoms with van der Waals surface area (Å²) in [5.74, 6) is -4.18. The number of nitrogens with one attached hydrogen (secondary N) is 2. The maximum atomic E-state index is 16.6. The molecule has 2 N–H and O–H groups in total. The Hall–Kier alpha value is -4.45. The van der Waals surface area contributed by atoms with Gasteiger partial charge in [-0.15, -0.1) is 0 Å². The highest BCUT2D eigenvalue weighted by atomic mass is 35.5. The number of carbonyl (C=O) groups excluding carboxylic acids is 2. The number of aromatic nitrogens is 4. The Bertz CT molecular complexity index is 2480. The first kappa shape index (κ1) is 46.5. The zero-order valence-corrected chi connectivity index (χ0v) is 39.6. The monoisotopic (exact) mass is 912 g/mol. The van der Waals surface area contributed by atoms with Crippen molar-refractivity contribution in [2.45, 2.75) is 111 Å². The van der Waals surface area contributed by atoms with Crippen LogP contribution in [0.1, 0.15) is 70.6 Å². The molecule has 13 nitrogen and oxygen atoms in total. The molecule has 4 aromatic rings. The first-order chi connectivity index (χ1) is 29.5. The lowest BCUT2D eigenvalue weighted by atomic mass is 9.81. The van der Waals surface area contributed by atoms with Gasteiger partial charge in [0.1, 0.15) is 28.9 Å². The predicted octanol–water partition coefficient (Wildman–Crippen LogP) is 7.73. The highest BCUT2D eigenvalue weighted by Gasteiger charge is 2.34. The van der Waals surface area contributed by atoms with Crippen LogP contribution in [0, 0.1) is 28.9 Å². The molecule has 63 heavy (non-hydrogen) atoms. The topological polar surface area (TPSA) is 136 Å². The fourth-order valence-electron chi connectivity index (χ4n) is 9.13. The molecule has 3 aliphatic heterocycles. The number of nitrogens with zero attached hydrogens (tertiary/aromatic N) is 6. The SMILES string of the molecule is C[C@H]1CN(CC2COC2)CCN1c1cc(NC(=O)Cn2cc(-c3cc(C(=O)NC(C)(C)CC(C)(C)C)c(OCC[Si](C)(C)C)c(F)c3F)c3c(=O)n4c(nc32)CCC4)c(Cl)c(F)n1. The van der Waals surface area contributed by atoms with Crippen LogP contribution in [-0.2, 0) is 29.0 Å². The predicted molar refractivity (Wildman–Crippen MR) is 242 cm³/mol. The van der Waals surface area contributed by atoms with Crippen molar-refractivity contribution in [3.05, 3.63) is 62.7 Å². The van der Waals surface area contributed by atoms with Crippen LogP contribution in [0.5, 0.6) is 5.75 Å². The molecule has 1 aromatic carbocycles. The van der Waals surface area contributed by atoms with E-state index < -0.39 is 60.9 Å². The van der Waals surface area contributed by atoms with E-state index in [9.17, 15) is 14.4 Å². The van der Waals surface area contributed by atoms with E-state index >= 15 is 13.2 Å². The summed E-state index contributed by atoms with van der Waals surface area (Å²) in [4.78, 5) is 55.6. The lowest BCUT2D eigenvalue weighted by Gasteiger charge is -2.42. The normalized spacial score (nSPS) is 17.5. The number of piperazine rings is 1. The largest absolute Gasteiger partial charge is 0.490 e. The Labute approximate surface area is 372 Å². The number of halogens is 4. The van der Waals surface area contributed by atoms with Gasteiger partial charge < -0.3 is 29.6 Å². The smallest absolute Gasteiger partial charge is 0.263 e. The lowest BCUT2D eigenvalue weighted by molar-refractivity contribution is -0.116. The van der Waals surface area contributed by atoms with Crippen LogP contribution in [0.3, 0.4) is 0 Å². The molecule has 0 bridgehead atoms. The number of anilines is 2. The molecule has 2 saturated heterocycles. The molecule has 6 heterocycles. The van der Waals surface area contributed by atoms with Crippen molar-refractivity contribution in [1.82, 2.24) is 29.3 Å². The van der Waals surface area contributed by atoms with Gasteiger partial charge in [0.2, 0.25) is 17.7 Å². The molecule has 0 saturated carbocycles. The van der Waals surface area contributed by atoms with E-state index in [1.165, 1.54) is 27.5 Å². The van der Waals surface area contributed by atoms with Gasteiger partial charge in [0.05, 0.1) is 36.5 Å². The molecule has 0 radical (unpaired) electrons. The number of aryl methyl sites for hydroxylation is 1. The standard InChI is InChI=1S/C45H60ClF3N8O5Si/c1-26-19-54(20-27-23-61-24-27)13-14-56(26)33-18-31(36(46)40(49)51-33)50-34(58)22-55-21-30(35-41(55)52-32-11-10-12-57(32)43(35)60)28-17-29(42(59)53-45(5,6)25-44(2,3)4)39(38(48)37(28)47)62-15-16-63(7,8)9/h17-18,21,26-27H,10-16,19-20,22-25H2,1-9H3,(H,53,59)(H,50,51,58)/t26-/m0/s1. The number of hydrogen-bond acceptors (Lipinski definition) is 9. The van der Waals surface area contributed by atoms with Gasteiger partial charge in [-0.3, -0.25) is 23.9 Å². The van der Waals surface area contributed by atoms with E-state index in [4.69, 9.17) is 26.1 Å². The van der Waals surface area contributed by atoms with Crippen molar-refractivity contribution in [1.29, 1.82) is 0 Å². The summed E-state index contributed by atoms with van der Waals surface area (Å²) < 4.78 is 62.6. The second-order valence-electron chi connectivity index (χ2n) is 20.5. The van der Waals surface area contributed by atoms with Gasteiger partial charge in [-0.25, -0.2) is 14.4 Å². The van der Waals surface area contributed by atoms with Crippen LogP contribution in [0.2, 0.25) is 30.7 Å². The number of benzene rings is 1. The third kappa shape index (κ3) is 10.4. The highest BCUT2D eigenvalue weighted by Crippen LogP contribution is 2.38. The molecule has 0 aliphatic carbocycles. The Balaban J connectivity index is 1.24. The Morgan fingerprint density at radius 2 is 1.75 bits per heavy atom. The molecule has 7 rings (SSSR count). The molecule has 1 atom stereocenters. The number of carbonyl (C=O) groups is 2. The first-order valence-corrected chi connectivity index (χ1v) is 25.9. The summed E-state index contributed by atoms with van der Waals surface area (Å²) in [6.45, 7) is 22.7.